The first-order valence-corrected chi connectivity index (χ1v) is 6.42. The Kier molecular flexibility index (Phi) is 22.0. The van der Waals surface area contributed by atoms with Gasteiger partial charge in [-0.25, -0.2) is 0 Å². The zero-order chi connectivity index (χ0) is 10.4. The second-order valence-corrected chi connectivity index (χ2v) is 3.83. The summed E-state index contributed by atoms with van der Waals surface area (Å²) in [6.45, 7) is 6.67. The third kappa shape index (κ3) is 24.5. The van der Waals surface area contributed by atoms with Crippen LogP contribution in [-0.4, -0.2) is 5.88 Å². The maximum absolute atomic E-state index is 5.44. The van der Waals surface area contributed by atoms with Crippen molar-refractivity contribution in [2.45, 2.75) is 72.1 Å². The van der Waals surface area contributed by atoms with Crippen molar-refractivity contribution < 1.29 is 0 Å². The van der Waals surface area contributed by atoms with Crippen molar-refractivity contribution in [2.24, 2.45) is 0 Å². The van der Waals surface area contributed by atoms with Gasteiger partial charge in [-0.2, -0.15) is 0 Å². The molecule has 0 bridgehead atoms. The Bertz CT molecular complexity index is 54.1. The van der Waals surface area contributed by atoms with Crippen LogP contribution in [0.4, 0.5) is 0 Å². The van der Waals surface area contributed by atoms with Gasteiger partial charge in [-0.1, -0.05) is 65.7 Å². The fourth-order valence-electron chi connectivity index (χ4n) is 1.02. The second-order valence-electron chi connectivity index (χ2n) is 3.46. The van der Waals surface area contributed by atoms with Gasteiger partial charge in [0.25, 0.3) is 0 Å². The molecule has 0 nitrogen and oxygen atoms in total. The Morgan fingerprint density at radius 2 is 1.00 bits per heavy atom. The summed E-state index contributed by atoms with van der Waals surface area (Å²) in [5.41, 5.74) is 0. The van der Waals surface area contributed by atoms with E-state index in [0.717, 1.165) is 5.88 Å². The average Bonchev–Trinajstić information content (AvgIpc) is 2.17. The van der Waals surface area contributed by atoms with Crippen molar-refractivity contribution in [3.63, 3.8) is 0 Å². The zero-order valence-corrected chi connectivity index (χ0v) is 10.5. The first kappa shape index (κ1) is 15.7. The molecule has 82 valence electrons. The number of alkyl halides is 1. The molecule has 0 aliphatic heterocycles. The Hall–Kier alpha value is 0.290. The van der Waals surface area contributed by atoms with E-state index >= 15 is 0 Å². The minimum absolute atomic E-state index is 0.833. The van der Waals surface area contributed by atoms with Crippen LogP contribution in [-0.2, 0) is 0 Å². The maximum Gasteiger partial charge on any atom is 0.0223 e. The topological polar surface area (TPSA) is 0 Å². The highest BCUT2D eigenvalue weighted by molar-refractivity contribution is 6.17. The van der Waals surface area contributed by atoms with Crippen LogP contribution in [0.2, 0.25) is 0 Å². The van der Waals surface area contributed by atoms with E-state index in [9.17, 15) is 0 Å². The Balaban J connectivity index is 0. The molecule has 0 aromatic heterocycles. The van der Waals surface area contributed by atoms with Crippen LogP contribution >= 0.6 is 11.6 Å². The van der Waals surface area contributed by atoms with Gasteiger partial charge in [0.1, 0.15) is 0 Å². The summed E-state index contributed by atoms with van der Waals surface area (Å²) in [6, 6.07) is 0. The van der Waals surface area contributed by atoms with E-state index in [-0.39, 0.29) is 0 Å². The lowest BCUT2D eigenvalue weighted by atomic mass is 10.2. The first-order chi connectivity index (χ1) is 6.33. The lowest BCUT2D eigenvalue weighted by Crippen LogP contribution is -1.74. The molecule has 0 N–H and O–H groups in total. The SMILES string of the molecule is CCCCCC.CCCCCCCl. The number of hydrogen-bond donors (Lipinski definition) is 0. The maximum atomic E-state index is 5.44. The number of rotatable bonds is 7. The Labute approximate surface area is 90.1 Å². The molecule has 0 amide bonds. The standard InChI is InChI=1S/C6H13Cl.C6H14/c1-2-3-4-5-6-7;1-3-5-6-4-2/h2-6H2,1H3;3-6H2,1-2H3. The van der Waals surface area contributed by atoms with Crippen LogP contribution in [0.25, 0.3) is 0 Å². The molecule has 0 aromatic rings. The van der Waals surface area contributed by atoms with Gasteiger partial charge in [-0.05, 0) is 6.42 Å². The fourth-order valence-corrected chi connectivity index (χ4v) is 1.21. The molecule has 0 heterocycles. The predicted octanol–water partition coefficient (Wildman–Crippen LogP) is 5.39. The van der Waals surface area contributed by atoms with Gasteiger partial charge in [0, 0.05) is 5.88 Å². The summed E-state index contributed by atoms with van der Waals surface area (Å²) in [5, 5.41) is 0. The number of unbranched alkanes of at least 4 members (excludes halogenated alkanes) is 6. The van der Waals surface area contributed by atoms with E-state index in [0.29, 0.717) is 0 Å². The molecule has 0 fully saturated rings. The third-order valence-electron chi connectivity index (χ3n) is 1.94. The summed E-state index contributed by atoms with van der Waals surface area (Å²) >= 11 is 5.44. The molecule has 0 aromatic carbocycles. The van der Waals surface area contributed by atoms with Crippen LogP contribution < -0.4 is 0 Å². The highest BCUT2D eigenvalue weighted by Gasteiger charge is 1.81. The van der Waals surface area contributed by atoms with Crippen molar-refractivity contribution in [3.8, 4) is 0 Å². The van der Waals surface area contributed by atoms with Crippen molar-refractivity contribution in [1.29, 1.82) is 0 Å². The molecule has 0 saturated carbocycles. The lowest BCUT2D eigenvalue weighted by Gasteiger charge is -1.89. The fraction of sp³-hybridized carbons (Fsp3) is 1.00. The van der Waals surface area contributed by atoms with Gasteiger partial charge in [0.15, 0.2) is 0 Å². The van der Waals surface area contributed by atoms with Crippen LogP contribution in [0.3, 0.4) is 0 Å². The molecular weight excluding hydrogens is 180 g/mol. The van der Waals surface area contributed by atoms with Gasteiger partial charge < -0.3 is 0 Å². The molecule has 0 rings (SSSR count). The molecule has 0 aliphatic carbocycles. The number of hydrogen-bond acceptors (Lipinski definition) is 0. The quantitative estimate of drug-likeness (QED) is 0.387. The molecule has 0 spiro atoms. The minimum atomic E-state index is 0.833. The van der Waals surface area contributed by atoms with Crippen molar-refractivity contribution >= 4 is 11.6 Å². The van der Waals surface area contributed by atoms with E-state index in [1.54, 1.807) is 0 Å². The van der Waals surface area contributed by atoms with E-state index in [2.05, 4.69) is 20.8 Å². The van der Waals surface area contributed by atoms with E-state index in [4.69, 9.17) is 11.6 Å². The van der Waals surface area contributed by atoms with Crippen molar-refractivity contribution in [2.75, 3.05) is 5.88 Å². The third-order valence-corrected chi connectivity index (χ3v) is 2.21. The highest BCUT2D eigenvalue weighted by atomic mass is 35.5. The summed E-state index contributed by atoms with van der Waals surface area (Å²) < 4.78 is 0. The van der Waals surface area contributed by atoms with E-state index in [1.807, 2.05) is 0 Å². The zero-order valence-electron chi connectivity index (χ0n) is 9.74. The van der Waals surface area contributed by atoms with E-state index in [1.165, 1.54) is 51.4 Å². The summed E-state index contributed by atoms with van der Waals surface area (Å²) in [4.78, 5) is 0. The van der Waals surface area contributed by atoms with Crippen molar-refractivity contribution in [3.05, 3.63) is 0 Å². The molecule has 0 radical (unpaired) electrons. The molecular formula is C12H27Cl. The van der Waals surface area contributed by atoms with E-state index < -0.39 is 0 Å². The smallest absolute Gasteiger partial charge is 0.0223 e. The van der Waals surface area contributed by atoms with Gasteiger partial charge >= 0.3 is 0 Å². The Morgan fingerprint density at radius 3 is 1.31 bits per heavy atom. The predicted molar refractivity (Wildman–Crippen MR) is 64.7 cm³/mol. The summed E-state index contributed by atoms with van der Waals surface area (Å²) in [5.74, 6) is 0.833. The van der Waals surface area contributed by atoms with Crippen LogP contribution in [0.5, 0.6) is 0 Å². The molecule has 13 heavy (non-hydrogen) atoms. The summed E-state index contributed by atoms with van der Waals surface area (Å²) in [7, 11) is 0. The molecule has 0 atom stereocenters. The molecule has 1 heteroatoms. The van der Waals surface area contributed by atoms with Crippen LogP contribution in [0, 0.1) is 0 Å². The Morgan fingerprint density at radius 1 is 0.615 bits per heavy atom. The van der Waals surface area contributed by atoms with Gasteiger partial charge in [0.2, 0.25) is 0 Å². The number of halogens is 1. The lowest BCUT2D eigenvalue weighted by molar-refractivity contribution is 0.702. The summed E-state index contributed by atoms with van der Waals surface area (Å²) in [6.07, 6.45) is 10.7. The first-order valence-electron chi connectivity index (χ1n) is 5.89. The van der Waals surface area contributed by atoms with Gasteiger partial charge in [0.05, 0.1) is 0 Å². The van der Waals surface area contributed by atoms with Gasteiger partial charge in [-0.15, -0.1) is 11.6 Å². The molecule has 0 aliphatic rings. The van der Waals surface area contributed by atoms with Gasteiger partial charge in [-0.3, -0.25) is 0 Å². The molecule has 0 unspecified atom stereocenters. The molecule has 0 saturated heterocycles. The average molecular weight is 207 g/mol. The monoisotopic (exact) mass is 206 g/mol. The van der Waals surface area contributed by atoms with Crippen LogP contribution in [0.15, 0.2) is 0 Å². The minimum Gasteiger partial charge on any atom is -0.127 e. The van der Waals surface area contributed by atoms with Crippen LogP contribution in [0.1, 0.15) is 72.1 Å². The normalized spacial score (nSPS) is 9.23. The largest absolute Gasteiger partial charge is 0.127 e. The van der Waals surface area contributed by atoms with Crippen molar-refractivity contribution in [1.82, 2.24) is 0 Å². The second kappa shape index (κ2) is 18.2. The highest BCUT2D eigenvalue weighted by Crippen LogP contribution is 1.98.